The first-order chi connectivity index (χ1) is 3.72. The zero-order chi connectivity index (χ0) is 6.57. The molecule has 0 atom stereocenters. The van der Waals surface area contributed by atoms with Gasteiger partial charge in [-0.1, -0.05) is 19.2 Å². The van der Waals surface area contributed by atoms with E-state index in [9.17, 15) is 0 Å². The Bertz CT molecular complexity index is 131. The fourth-order valence-corrected chi connectivity index (χ4v) is 0.385. The molecule has 0 aromatic heterocycles. The maximum Gasteiger partial charge on any atom is 0.00137 e. The molecule has 0 radical (unpaired) electrons. The van der Waals surface area contributed by atoms with Crippen LogP contribution >= 0.6 is 0 Å². The van der Waals surface area contributed by atoms with Crippen LogP contribution in [0.4, 0.5) is 0 Å². The normalized spacial score (nSPS) is 10.9. The molecule has 0 aliphatic rings. The Balaban J connectivity index is 4.13. The van der Waals surface area contributed by atoms with Crippen LogP contribution in [0.1, 0.15) is 6.92 Å². The van der Waals surface area contributed by atoms with Crippen LogP contribution in [-0.4, -0.2) is 0 Å². The van der Waals surface area contributed by atoms with Gasteiger partial charge in [0.15, 0.2) is 0 Å². The first-order valence-corrected chi connectivity index (χ1v) is 2.42. The number of hydrogen-bond acceptors (Lipinski definition) is 1. The second-order valence-corrected chi connectivity index (χ2v) is 1.61. The van der Waals surface area contributed by atoms with Crippen molar-refractivity contribution in [1.29, 1.82) is 0 Å². The minimum absolute atomic E-state index is 0.907. The minimum atomic E-state index is 0.907. The van der Waals surface area contributed by atoms with Gasteiger partial charge in [-0.3, -0.25) is 0 Å². The zero-order valence-corrected chi connectivity index (χ0v) is 5.15. The average molecular weight is 109 g/mol. The Labute approximate surface area is 50.2 Å². The number of nitrogens with two attached hydrogens (primary N) is 1. The van der Waals surface area contributed by atoms with Crippen LogP contribution in [0.15, 0.2) is 36.6 Å². The quantitative estimate of drug-likeness (QED) is 0.535. The third kappa shape index (κ3) is 1.65. The second kappa shape index (κ2) is 3.08. The molecule has 1 nitrogen and oxygen atoms in total. The van der Waals surface area contributed by atoms with E-state index >= 15 is 0 Å². The van der Waals surface area contributed by atoms with E-state index in [0.29, 0.717) is 0 Å². The molecule has 1 heteroatoms. The maximum atomic E-state index is 5.19. The molecule has 0 spiro atoms. The summed E-state index contributed by atoms with van der Waals surface area (Å²) in [7, 11) is 0. The molecule has 0 fully saturated rings. The number of rotatable bonds is 2. The Morgan fingerprint density at radius 3 is 2.12 bits per heavy atom. The highest BCUT2D eigenvalue weighted by Crippen LogP contribution is 2.03. The van der Waals surface area contributed by atoms with Gasteiger partial charge >= 0.3 is 0 Å². The van der Waals surface area contributed by atoms with Gasteiger partial charge in [-0.15, -0.1) is 0 Å². The Kier molecular flexibility index (Phi) is 2.70. The predicted octanol–water partition coefficient (Wildman–Crippen LogP) is 1.59. The predicted molar refractivity (Wildman–Crippen MR) is 37.3 cm³/mol. The van der Waals surface area contributed by atoms with Crippen molar-refractivity contribution in [3.63, 3.8) is 0 Å². The van der Waals surface area contributed by atoms with E-state index < -0.39 is 0 Å². The van der Waals surface area contributed by atoms with Crippen molar-refractivity contribution in [2.45, 2.75) is 6.92 Å². The van der Waals surface area contributed by atoms with E-state index in [-0.39, 0.29) is 0 Å². The molecule has 0 bridgehead atoms. The Hall–Kier alpha value is -0.980. The molecule has 44 valence electrons. The summed E-state index contributed by atoms with van der Waals surface area (Å²) in [5.74, 6) is 0. The van der Waals surface area contributed by atoms with Crippen molar-refractivity contribution in [3.8, 4) is 0 Å². The third-order valence-corrected chi connectivity index (χ3v) is 0.892. The van der Waals surface area contributed by atoms with E-state index in [1.54, 1.807) is 6.08 Å². The highest BCUT2D eigenvalue weighted by Gasteiger charge is 1.85. The lowest BCUT2D eigenvalue weighted by Gasteiger charge is -1.94. The van der Waals surface area contributed by atoms with Gasteiger partial charge < -0.3 is 5.73 Å². The monoisotopic (exact) mass is 109 g/mol. The smallest absolute Gasteiger partial charge is 0.00137 e. The molecule has 0 saturated heterocycles. The SMILES string of the molecule is C=C/C(=C/N)C(=C)C. The van der Waals surface area contributed by atoms with E-state index in [1.807, 2.05) is 6.92 Å². The Morgan fingerprint density at radius 1 is 1.62 bits per heavy atom. The molecule has 0 amide bonds. The van der Waals surface area contributed by atoms with Gasteiger partial charge in [0.25, 0.3) is 0 Å². The van der Waals surface area contributed by atoms with Crippen molar-refractivity contribution >= 4 is 0 Å². The molecule has 0 aromatic carbocycles. The van der Waals surface area contributed by atoms with Crippen LogP contribution < -0.4 is 5.73 Å². The van der Waals surface area contributed by atoms with Crippen molar-refractivity contribution < 1.29 is 0 Å². The Morgan fingerprint density at radius 2 is 2.12 bits per heavy atom. The second-order valence-electron chi connectivity index (χ2n) is 1.61. The lowest BCUT2D eigenvalue weighted by molar-refractivity contribution is 1.41. The summed E-state index contributed by atoms with van der Waals surface area (Å²) in [4.78, 5) is 0. The molecule has 0 rings (SSSR count). The third-order valence-electron chi connectivity index (χ3n) is 0.892. The van der Waals surface area contributed by atoms with Gasteiger partial charge in [0.2, 0.25) is 0 Å². The zero-order valence-electron chi connectivity index (χ0n) is 5.15. The summed E-state index contributed by atoms with van der Waals surface area (Å²) < 4.78 is 0. The molecule has 0 heterocycles. The van der Waals surface area contributed by atoms with Crippen molar-refractivity contribution in [1.82, 2.24) is 0 Å². The molecule has 0 unspecified atom stereocenters. The molecular formula is C7H11N. The summed E-state index contributed by atoms with van der Waals surface area (Å²) in [6.07, 6.45) is 3.18. The van der Waals surface area contributed by atoms with Crippen LogP contribution in [0.5, 0.6) is 0 Å². The van der Waals surface area contributed by atoms with Crippen LogP contribution in [0.25, 0.3) is 0 Å². The summed E-state index contributed by atoms with van der Waals surface area (Å²) in [6, 6.07) is 0. The molecule has 0 saturated carbocycles. The van der Waals surface area contributed by atoms with Crippen LogP contribution in [0.3, 0.4) is 0 Å². The van der Waals surface area contributed by atoms with E-state index in [0.717, 1.165) is 11.1 Å². The largest absolute Gasteiger partial charge is 0.404 e. The first kappa shape index (κ1) is 7.02. The molecule has 2 N–H and O–H groups in total. The van der Waals surface area contributed by atoms with E-state index in [4.69, 9.17) is 5.73 Å². The highest BCUT2D eigenvalue weighted by atomic mass is 14.5. The molecule has 8 heavy (non-hydrogen) atoms. The summed E-state index contributed by atoms with van der Waals surface area (Å²) >= 11 is 0. The van der Waals surface area contributed by atoms with Crippen LogP contribution in [0.2, 0.25) is 0 Å². The summed E-state index contributed by atoms with van der Waals surface area (Å²) in [6.45, 7) is 9.11. The summed E-state index contributed by atoms with van der Waals surface area (Å²) in [5, 5.41) is 0. The topological polar surface area (TPSA) is 26.0 Å². The van der Waals surface area contributed by atoms with Gasteiger partial charge in [-0.2, -0.15) is 0 Å². The fourth-order valence-electron chi connectivity index (χ4n) is 0.385. The average Bonchev–Trinajstić information content (AvgIpc) is 1.69. The van der Waals surface area contributed by atoms with Gasteiger partial charge in [-0.25, -0.2) is 0 Å². The lowest BCUT2D eigenvalue weighted by atomic mass is 10.1. The lowest BCUT2D eigenvalue weighted by Crippen LogP contribution is -1.85. The standard InChI is InChI=1S/C7H11N/c1-4-7(5-8)6(2)3/h4-5H,1-2,8H2,3H3/b7-5-. The highest BCUT2D eigenvalue weighted by molar-refractivity contribution is 5.34. The van der Waals surface area contributed by atoms with Gasteiger partial charge in [0.05, 0.1) is 0 Å². The van der Waals surface area contributed by atoms with Crippen LogP contribution in [0, 0.1) is 0 Å². The van der Waals surface area contributed by atoms with Crippen molar-refractivity contribution in [2.75, 3.05) is 0 Å². The molecular weight excluding hydrogens is 98.1 g/mol. The van der Waals surface area contributed by atoms with Crippen molar-refractivity contribution in [2.24, 2.45) is 5.73 Å². The van der Waals surface area contributed by atoms with Gasteiger partial charge in [0.1, 0.15) is 0 Å². The maximum absolute atomic E-state index is 5.19. The number of hydrogen-bond donors (Lipinski definition) is 1. The van der Waals surface area contributed by atoms with Gasteiger partial charge in [-0.05, 0) is 18.1 Å². The fraction of sp³-hybridized carbons (Fsp3) is 0.143. The van der Waals surface area contributed by atoms with Gasteiger partial charge in [0, 0.05) is 6.20 Å². The summed E-state index contributed by atoms with van der Waals surface area (Å²) in [5.41, 5.74) is 7.04. The van der Waals surface area contributed by atoms with Crippen molar-refractivity contribution in [3.05, 3.63) is 36.6 Å². The van der Waals surface area contributed by atoms with Crippen LogP contribution in [-0.2, 0) is 0 Å². The number of allylic oxidation sites excluding steroid dienone is 3. The minimum Gasteiger partial charge on any atom is -0.404 e. The molecule has 0 aliphatic heterocycles. The van der Waals surface area contributed by atoms with E-state index in [2.05, 4.69) is 13.2 Å². The molecule has 0 aliphatic carbocycles. The molecule has 0 aromatic rings. The first-order valence-electron chi connectivity index (χ1n) is 2.42. The van der Waals surface area contributed by atoms with E-state index in [1.165, 1.54) is 6.20 Å².